The first-order valence-corrected chi connectivity index (χ1v) is 7.55. The molecule has 0 radical (unpaired) electrons. The lowest BCUT2D eigenvalue weighted by atomic mass is 9.97. The SMILES string of the molecule is C1=C(N2CCCC2)Cc2cccc(-c3ccccc3)c21. The summed E-state index contributed by atoms with van der Waals surface area (Å²) < 4.78 is 0. The van der Waals surface area contributed by atoms with E-state index in [0.717, 1.165) is 6.42 Å². The second kappa shape index (κ2) is 4.82. The summed E-state index contributed by atoms with van der Waals surface area (Å²) in [5, 5.41) is 0. The van der Waals surface area contributed by atoms with Crippen LogP contribution in [0.4, 0.5) is 0 Å². The Labute approximate surface area is 120 Å². The van der Waals surface area contributed by atoms with Gasteiger partial charge < -0.3 is 4.90 Å². The number of fused-ring (bicyclic) bond motifs is 1. The van der Waals surface area contributed by atoms with Crippen molar-refractivity contribution in [2.24, 2.45) is 0 Å². The molecular weight excluding hydrogens is 242 g/mol. The van der Waals surface area contributed by atoms with Crippen molar-refractivity contribution in [1.82, 2.24) is 4.90 Å². The Hall–Kier alpha value is -2.02. The Kier molecular flexibility index (Phi) is 2.84. The minimum atomic E-state index is 1.11. The number of benzene rings is 2. The molecule has 0 amide bonds. The van der Waals surface area contributed by atoms with Gasteiger partial charge in [-0.05, 0) is 41.2 Å². The first kappa shape index (κ1) is 11.8. The van der Waals surface area contributed by atoms with Gasteiger partial charge in [-0.3, -0.25) is 0 Å². The highest BCUT2D eigenvalue weighted by molar-refractivity contribution is 5.80. The summed E-state index contributed by atoms with van der Waals surface area (Å²) in [6.07, 6.45) is 6.22. The molecule has 0 spiro atoms. The van der Waals surface area contributed by atoms with E-state index in [0.29, 0.717) is 0 Å². The van der Waals surface area contributed by atoms with Crippen molar-refractivity contribution < 1.29 is 0 Å². The standard InChI is InChI=1S/C19H19N/c1-2-7-15(8-3-1)18-10-6-9-16-13-17(14-19(16)18)20-11-4-5-12-20/h1-3,6-10,14H,4-5,11-13H2. The van der Waals surface area contributed by atoms with Gasteiger partial charge in [0.2, 0.25) is 0 Å². The Morgan fingerprint density at radius 3 is 2.40 bits per heavy atom. The normalized spacial score (nSPS) is 17.2. The van der Waals surface area contributed by atoms with Gasteiger partial charge in [-0.2, -0.15) is 0 Å². The molecular formula is C19H19N. The summed E-state index contributed by atoms with van der Waals surface area (Å²) in [5.41, 5.74) is 7.12. The van der Waals surface area contributed by atoms with Crippen LogP contribution in [-0.4, -0.2) is 18.0 Å². The van der Waals surface area contributed by atoms with Gasteiger partial charge in [0.15, 0.2) is 0 Å². The molecule has 2 aromatic carbocycles. The van der Waals surface area contributed by atoms with Gasteiger partial charge in [0.25, 0.3) is 0 Å². The highest BCUT2D eigenvalue weighted by Gasteiger charge is 2.22. The Balaban J connectivity index is 1.76. The number of rotatable bonds is 2. The van der Waals surface area contributed by atoms with E-state index in [1.165, 1.54) is 53.9 Å². The van der Waals surface area contributed by atoms with Gasteiger partial charge in [0, 0.05) is 25.2 Å². The predicted octanol–water partition coefficient (Wildman–Crippen LogP) is 4.35. The third kappa shape index (κ3) is 1.94. The quantitative estimate of drug-likeness (QED) is 0.777. The highest BCUT2D eigenvalue weighted by atomic mass is 15.1. The van der Waals surface area contributed by atoms with Crippen molar-refractivity contribution in [3.05, 3.63) is 65.4 Å². The second-order valence-electron chi connectivity index (χ2n) is 5.75. The minimum Gasteiger partial charge on any atom is -0.375 e. The zero-order chi connectivity index (χ0) is 13.4. The third-order valence-corrected chi connectivity index (χ3v) is 4.48. The molecule has 1 fully saturated rings. The molecule has 1 saturated heterocycles. The molecule has 1 nitrogen and oxygen atoms in total. The molecule has 0 bridgehead atoms. The van der Waals surface area contributed by atoms with Gasteiger partial charge in [0.1, 0.15) is 0 Å². The van der Waals surface area contributed by atoms with Crippen LogP contribution in [0.3, 0.4) is 0 Å². The van der Waals surface area contributed by atoms with Gasteiger partial charge in [-0.25, -0.2) is 0 Å². The first-order valence-electron chi connectivity index (χ1n) is 7.55. The molecule has 0 atom stereocenters. The number of hydrogen-bond acceptors (Lipinski definition) is 1. The van der Waals surface area contributed by atoms with Crippen molar-refractivity contribution in [3.8, 4) is 11.1 Å². The van der Waals surface area contributed by atoms with Crippen LogP contribution >= 0.6 is 0 Å². The van der Waals surface area contributed by atoms with Crippen LogP contribution in [0.25, 0.3) is 17.2 Å². The first-order chi connectivity index (χ1) is 9.92. The monoisotopic (exact) mass is 261 g/mol. The van der Waals surface area contributed by atoms with Gasteiger partial charge in [0.05, 0.1) is 0 Å². The van der Waals surface area contributed by atoms with Crippen LogP contribution in [-0.2, 0) is 6.42 Å². The van der Waals surface area contributed by atoms with Crippen LogP contribution in [0.5, 0.6) is 0 Å². The molecule has 2 aliphatic rings. The van der Waals surface area contributed by atoms with Gasteiger partial charge in [-0.15, -0.1) is 0 Å². The number of hydrogen-bond donors (Lipinski definition) is 0. The lowest BCUT2D eigenvalue weighted by Gasteiger charge is -2.18. The number of likely N-dealkylation sites (tertiary alicyclic amines) is 1. The van der Waals surface area contributed by atoms with E-state index >= 15 is 0 Å². The van der Waals surface area contributed by atoms with Crippen LogP contribution < -0.4 is 0 Å². The van der Waals surface area contributed by atoms with Crippen molar-refractivity contribution in [2.75, 3.05) is 13.1 Å². The average Bonchev–Trinajstić information content (AvgIpc) is 3.16. The van der Waals surface area contributed by atoms with Gasteiger partial charge in [-0.1, -0.05) is 48.5 Å². The van der Waals surface area contributed by atoms with E-state index < -0.39 is 0 Å². The molecule has 20 heavy (non-hydrogen) atoms. The Morgan fingerprint density at radius 2 is 1.60 bits per heavy atom. The van der Waals surface area contributed by atoms with Crippen LogP contribution in [0.2, 0.25) is 0 Å². The van der Waals surface area contributed by atoms with Crippen molar-refractivity contribution in [2.45, 2.75) is 19.3 Å². The fourth-order valence-corrected chi connectivity index (χ4v) is 3.43. The summed E-state index contributed by atoms with van der Waals surface area (Å²) in [6.45, 7) is 2.47. The molecule has 2 aromatic rings. The molecule has 0 saturated carbocycles. The second-order valence-corrected chi connectivity index (χ2v) is 5.75. The lowest BCUT2D eigenvalue weighted by Crippen LogP contribution is -2.18. The topological polar surface area (TPSA) is 3.24 Å². The van der Waals surface area contributed by atoms with Gasteiger partial charge >= 0.3 is 0 Å². The molecule has 100 valence electrons. The fourth-order valence-electron chi connectivity index (χ4n) is 3.43. The number of nitrogens with zero attached hydrogens (tertiary/aromatic N) is 1. The zero-order valence-corrected chi connectivity index (χ0v) is 11.7. The summed E-state index contributed by atoms with van der Waals surface area (Å²) in [5.74, 6) is 0. The van der Waals surface area contributed by atoms with Crippen LogP contribution in [0.1, 0.15) is 24.0 Å². The summed E-state index contributed by atoms with van der Waals surface area (Å²) in [4.78, 5) is 2.56. The van der Waals surface area contributed by atoms with E-state index in [1.54, 1.807) is 0 Å². The van der Waals surface area contributed by atoms with E-state index in [1.807, 2.05) is 0 Å². The largest absolute Gasteiger partial charge is 0.375 e. The average molecular weight is 261 g/mol. The number of allylic oxidation sites excluding steroid dienone is 1. The zero-order valence-electron chi connectivity index (χ0n) is 11.7. The molecule has 1 heteroatoms. The van der Waals surface area contributed by atoms with E-state index in [2.05, 4.69) is 59.5 Å². The van der Waals surface area contributed by atoms with E-state index in [4.69, 9.17) is 0 Å². The molecule has 0 N–H and O–H groups in total. The Bertz CT molecular complexity index is 649. The molecule has 1 aliphatic carbocycles. The summed E-state index contributed by atoms with van der Waals surface area (Å²) >= 11 is 0. The smallest absolute Gasteiger partial charge is 0.0184 e. The molecule has 4 rings (SSSR count). The van der Waals surface area contributed by atoms with Crippen molar-refractivity contribution in [3.63, 3.8) is 0 Å². The summed E-state index contributed by atoms with van der Waals surface area (Å²) in [6, 6.07) is 17.5. The van der Waals surface area contributed by atoms with Crippen molar-refractivity contribution >= 4 is 6.08 Å². The highest BCUT2D eigenvalue weighted by Crippen LogP contribution is 2.35. The molecule has 0 unspecified atom stereocenters. The maximum Gasteiger partial charge on any atom is 0.0184 e. The summed E-state index contributed by atoms with van der Waals surface area (Å²) in [7, 11) is 0. The van der Waals surface area contributed by atoms with E-state index in [9.17, 15) is 0 Å². The maximum atomic E-state index is 2.56. The third-order valence-electron chi connectivity index (χ3n) is 4.48. The molecule has 0 aromatic heterocycles. The minimum absolute atomic E-state index is 1.11. The Morgan fingerprint density at radius 1 is 0.800 bits per heavy atom. The maximum absolute atomic E-state index is 2.56. The predicted molar refractivity (Wildman–Crippen MR) is 84.4 cm³/mol. The molecule has 1 aliphatic heterocycles. The fraction of sp³-hybridized carbons (Fsp3) is 0.263. The van der Waals surface area contributed by atoms with E-state index in [-0.39, 0.29) is 0 Å². The van der Waals surface area contributed by atoms with Crippen LogP contribution in [0.15, 0.2) is 54.2 Å². The molecule has 1 heterocycles. The van der Waals surface area contributed by atoms with Crippen molar-refractivity contribution in [1.29, 1.82) is 0 Å². The lowest BCUT2D eigenvalue weighted by molar-refractivity contribution is 0.423. The van der Waals surface area contributed by atoms with Crippen LogP contribution in [0, 0.1) is 0 Å².